The molecule has 0 spiro atoms. The minimum atomic E-state index is -0.310. The monoisotopic (exact) mass is 269 g/mol. The number of hydrogen-bond donors (Lipinski definition) is 1. The van der Waals surface area contributed by atoms with Crippen LogP contribution in [0.15, 0.2) is 0 Å². The topological polar surface area (TPSA) is 58.8 Å². The van der Waals surface area contributed by atoms with E-state index in [2.05, 4.69) is 11.8 Å². The van der Waals surface area contributed by atoms with Crippen molar-refractivity contribution in [2.45, 2.75) is 44.7 Å². The highest BCUT2D eigenvalue weighted by Crippen LogP contribution is 2.20. The second-order valence-corrected chi connectivity index (χ2v) is 5.64. The first-order valence-electron chi connectivity index (χ1n) is 7.58. The highest BCUT2D eigenvalue weighted by Gasteiger charge is 2.32. The summed E-state index contributed by atoms with van der Waals surface area (Å²) in [5.41, 5.74) is 5.98. The predicted molar refractivity (Wildman–Crippen MR) is 74.9 cm³/mol. The molecule has 1 amide bonds. The second kappa shape index (κ2) is 7.22. The Kier molecular flexibility index (Phi) is 5.60. The average molecular weight is 269 g/mol. The fourth-order valence-electron chi connectivity index (χ4n) is 3.04. The summed E-state index contributed by atoms with van der Waals surface area (Å²) in [5, 5.41) is 0. The normalized spacial score (nSPS) is 26.6. The molecule has 5 heteroatoms. The minimum absolute atomic E-state index is 0.151. The number of ether oxygens (including phenoxy) is 1. The number of hydrogen-bond acceptors (Lipinski definition) is 4. The molecule has 0 radical (unpaired) electrons. The Labute approximate surface area is 116 Å². The summed E-state index contributed by atoms with van der Waals surface area (Å²) < 4.78 is 5.37. The van der Waals surface area contributed by atoms with Gasteiger partial charge in [0.1, 0.15) is 0 Å². The van der Waals surface area contributed by atoms with Crippen molar-refractivity contribution in [2.24, 2.45) is 5.73 Å². The molecule has 2 aliphatic rings. The minimum Gasteiger partial charge on any atom is -0.379 e. The van der Waals surface area contributed by atoms with Gasteiger partial charge in [0.2, 0.25) is 5.91 Å². The molecule has 0 bridgehead atoms. The van der Waals surface area contributed by atoms with Crippen LogP contribution in [0.4, 0.5) is 0 Å². The Balaban J connectivity index is 1.86. The summed E-state index contributed by atoms with van der Waals surface area (Å²) in [5.74, 6) is 0.151. The van der Waals surface area contributed by atoms with E-state index in [-0.39, 0.29) is 11.9 Å². The SMILES string of the molecule is CCCC(N)C(=O)N1CCCC1CN1CCOCC1. The number of carbonyl (C=O) groups is 1. The highest BCUT2D eigenvalue weighted by atomic mass is 16.5. The number of nitrogens with zero attached hydrogens (tertiary/aromatic N) is 2. The molecule has 2 atom stereocenters. The van der Waals surface area contributed by atoms with E-state index in [4.69, 9.17) is 10.5 Å². The lowest BCUT2D eigenvalue weighted by Crippen LogP contribution is -2.50. The number of amides is 1. The van der Waals surface area contributed by atoms with Gasteiger partial charge in [-0.1, -0.05) is 13.3 Å². The second-order valence-electron chi connectivity index (χ2n) is 5.64. The third-order valence-corrected chi connectivity index (χ3v) is 4.15. The molecule has 0 aliphatic carbocycles. The van der Waals surface area contributed by atoms with Crippen molar-refractivity contribution in [3.05, 3.63) is 0 Å². The fraction of sp³-hybridized carbons (Fsp3) is 0.929. The smallest absolute Gasteiger partial charge is 0.239 e. The van der Waals surface area contributed by atoms with Crippen LogP contribution >= 0.6 is 0 Å². The lowest BCUT2D eigenvalue weighted by molar-refractivity contribution is -0.134. The van der Waals surface area contributed by atoms with Crippen LogP contribution in [0.5, 0.6) is 0 Å². The molecule has 0 aromatic carbocycles. The van der Waals surface area contributed by atoms with E-state index in [9.17, 15) is 4.79 Å². The third-order valence-electron chi connectivity index (χ3n) is 4.15. The number of nitrogens with two attached hydrogens (primary N) is 1. The van der Waals surface area contributed by atoms with Crippen LogP contribution in [0.3, 0.4) is 0 Å². The van der Waals surface area contributed by atoms with Gasteiger partial charge in [0, 0.05) is 32.2 Å². The summed E-state index contributed by atoms with van der Waals surface area (Å²) in [6.07, 6.45) is 3.98. The first-order chi connectivity index (χ1) is 9.22. The first kappa shape index (κ1) is 14.8. The van der Waals surface area contributed by atoms with Gasteiger partial charge in [0.15, 0.2) is 0 Å². The van der Waals surface area contributed by atoms with E-state index in [1.54, 1.807) is 0 Å². The molecule has 0 aromatic heterocycles. The van der Waals surface area contributed by atoms with E-state index >= 15 is 0 Å². The van der Waals surface area contributed by atoms with Crippen molar-refractivity contribution >= 4 is 5.91 Å². The van der Waals surface area contributed by atoms with Crippen LogP contribution in [0.2, 0.25) is 0 Å². The van der Waals surface area contributed by atoms with Gasteiger partial charge < -0.3 is 15.4 Å². The van der Waals surface area contributed by atoms with Crippen LogP contribution in [-0.2, 0) is 9.53 Å². The van der Waals surface area contributed by atoms with Crippen LogP contribution in [0.25, 0.3) is 0 Å². The van der Waals surface area contributed by atoms with Gasteiger partial charge in [-0.3, -0.25) is 9.69 Å². The lowest BCUT2D eigenvalue weighted by atomic mass is 10.1. The summed E-state index contributed by atoms with van der Waals surface area (Å²) in [4.78, 5) is 16.8. The Morgan fingerprint density at radius 2 is 2.11 bits per heavy atom. The van der Waals surface area contributed by atoms with Crippen molar-refractivity contribution in [1.29, 1.82) is 0 Å². The molecule has 5 nitrogen and oxygen atoms in total. The van der Waals surface area contributed by atoms with Crippen molar-refractivity contribution in [3.63, 3.8) is 0 Å². The van der Waals surface area contributed by atoms with Crippen molar-refractivity contribution in [2.75, 3.05) is 39.4 Å². The maximum absolute atomic E-state index is 12.3. The molecular weight excluding hydrogens is 242 g/mol. The Hall–Kier alpha value is -0.650. The largest absolute Gasteiger partial charge is 0.379 e. The van der Waals surface area contributed by atoms with Crippen LogP contribution in [-0.4, -0.2) is 67.2 Å². The Morgan fingerprint density at radius 3 is 2.79 bits per heavy atom. The van der Waals surface area contributed by atoms with E-state index < -0.39 is 0 Å². The van der Waals surface area contributed by atoms with Gasteiger partial charge in [-0.15, -0.1) is 0 Å². The highest BCUT2D eigenvalue weighted by molar-refractivity contribution is 5.82. The first-order valence-corrected chi connectivity index (χ1v) is 7.58. The predicted octanol–water partition coefficient (Wildman–Crippen LogP) is 0.437. The molecule has 2 heterocycles. The van der Waals surface area contributed by atoms with Crippen LogP contribution < -0.4 is 5.73 Å². The third kappa shape index (κ3) is 3.91. The summed E-state index contributed by atoms with van der Waals surface area (Å²) >= 11 is 0. The Bertz CT molecular complexity index is 292. The van der Waals surface area contributed by atoms with Gasteiger partial charge in [-0.2, -0.15) is 0 Å². The molecule has 2 saturated heterocycles. The number of morpholine rings is 1. The molecule has 2 fully saturated rings. The molecule has 19 heavy (non-hydrogen) atoms. The van der Waals surface area contributed by atoms with Crippen LogP contribution in [0.1, 0.15) is 32.6 Å². The van der Waals surface area contributed by atoms with E-state index in [0.29, 0.717) is 6.04 Å². The number of likely N-dealkylation sites (tertiary alicyclic amines) is 1. The van der Waals surface area contributed by atoms with Gasteiger partial charge in [0.05, 0.1) is 19.3 Å². The lowest BCUT2D eigenvalue weighted by Gasteiger charge is -2.33. The molecule has 2 unspecified atom stereocenters. The van der Waals surface area contributed by atoms with Gasteiger partial charge in [0.25, 0.3) is 0 Å². The van der Waals surface area contributed by atoms with E-state index in [1.165, 1.54) is 0 Å². The molecule has 0 aromatic rings. The fourth-order valence-corrected chi connectivity index (χ4v) is 3.04. The Morgan fingerprint density at radius 1 is 1.37 bits per heavy atom. The molecule has 0 saturated carbocycles. The summed E-state index contributed by atoms with van der Waals surface area (Å²) in [7, 11) is 0. The molecule has 110 valence electrons. The average Bonchev–Trinajstić information content (AvgIpc) is 2.87. The number of rotatable bonds is 5. The van der Waals surface area contributed by atoms with Crippen molar-refractivity contribution in [3.8, 4) is 0 Å². The quantitative estimate of drug-likeness (QED) is 0.786. The standard InChI is InChI=1S/C14H27N3O2/c1-2-4-13(15)14(18)17-6-3-5-12(17)11-16-7-9-19-10-8-16/h12-13H,2-11,15H2,1H3. The van der Waals surface area contributed by atoms with Gasteiger partial charge in [-0.25, -0.2) is 0 Å². The zero-order valence-corrected chi connectivity index (χ0v) is 12.0. The molecule has 2 aliphatic heterocycles. The van der Waals surface area contributed by atoms with E-state index in [1.807, 2.05) is 4.90 Å². The van der Waals surface area contributed by atoms with Crippen LogP contribution in [0, 0.1) is 0 Å². The molecule has 2 N–H and O–H groups in total. The summed E-state index contributed by atoms with van der Waals surface area (Å²) in [6.45, 7) is 7.53. The molecule has 2 rings (SSSR count). The number of carbonyl (C=O) groups excluding carboxylic acids is 1. The van der Waals surface area contributed by atoms with Crippen molar-refractivity contribution < 1.29 is 9.53 Å². The molecular formula is C14H27N3O2. The summed E-state index contributed by atoms with van der Waals surface area (Å²) in [6, 6.07) is 0.0452. The van der Waals surface area contributed by atoms with Gasteiger partial charge in [-0.05, 0) is 19.3 Å². The van der Waals surface area contributed by atoms with E-state index in [0.717, 1.165) is 65.1 Å². The van der Waals surface area contributed by atoms with Crippen molar-refractivity contribution in [1.82, 2.24) is 9.80 Å². The maximum atomic E-state index is 12.3. The zero-order valence-electron chi connectivity index (χ0n) is 12.0. The van der Waals surface area contributed by atoms with Gasteiger partial charge >= 0.3 is 0 Å². The maximum Gasteiger partial charge on any atom is 0.239 e. The zero-order chi connectivity index (χ0) is 13.7.